The Hall–Kier alpha value is -1.07. The van der Waals surface area contributed by atoms with Crippen molar-refractivity contribution in [3.63, 3.8) is 0 Å². The van der Waals surface area contributed by atoms with Gasteiger partial charge in [0, 0.05) is 39.3 Å². The quantitative estimate of drug-likeness (QED) is 0.540. The van der Waals surface area contributed by atoms with Crippen LogP contribution in [0, 0.1) is 5.92 Å². The van der Waals surface area contributed by atoms with E-state index >= 15 is 0 Å². The number of nitrogens with one attached hydrogen (secondary N) is 2. The van der Waals surface area contributed by atoms with Gasteiger partial charge in [-0.25, -0.2) is 8.42 Å². The fraction of sp³-hybridized carbons (Fsp3) is 0.933. The van der Waals surface area contributed by atoms with Crippen LogP contribution in [0.1, 0.15) is 25.7 Å². The van der Waals surface area contributed by atoms with Gasteiger partial charge in [0.25, 0.3) is 0 Å². The second kappa shape index (κ2) is 8.75. The van der Waals surface area contributed by atoms with E-state index in [1.807, 2.05) is 0 Å². The van der Waals surface area contributed by atoms with Crippen LogP contribution in [0.15, 0.2) is 4.99 Å². The summed E-state index contributed by atoms with van der Waals surface area (Å²) in [5.41, 5.74) is -5.24. The Morgan fingerprint density at radius 1 is 1.19 bits per heavy atom. The lowest BCUT2D eigenvalue weighted by atomic mass is 9.98. The predicted octanol–water partition coefficient (Wildman–Crippen LogP) is 0.807. The van der Waals surface area contributed by atoms with Crippen LogP contribution in [0.4, 0.5) is 13.2 Å². The molecule has 0 bridgehead atoms. The molecule has 0 aromatic heterocycles. The fourth-order valence-electron chi connectivity index (χ4n) is 3.46. The summed E-state index contributed by atoms with van der Waals surface area (Å²) >= 11 is 0. The van der Waals surface area contributed by atoms with E-state index in [0.717, 1.165) is 26.1 Å². The van der Waals surface area contributed by atoms with Crippen molar-refractivity contribution in [3.05, 3.63) is 0 Å². The molecule has 2 fully saturated rings. The van der Waals surface area contributed by atoms with Gasteiger partial charge in [-0.3, -0.25) is 4.99 Å². The molecule has 7 nitrogen and oxygen atoms in total. The van der Waals surface area contributed by atoms with Crippen LogP contribution in [0.5, 0.6) is 0 Å². The van der Waals surface area contributed by atoms with Crippen LogP contribution >= 0.6 is 0 Å². The van der Waals surface area contributed by atoms with Crippen LogP contribution in [0.3, 0.4) is 0 Å². The molecule has 152 valence electrons. The van der Waals surface area contributed by atoms with Gasteiger partial charge in [0.05, 0.1) is 0 Å². The van der Waals surface area contributed by atoms with E-state index in [9.17, 15) is 21.6 Å². The van der Waals surface area contributed by atoms with Gasteiger partial charge in [-0.1, -0.05) is 0 Å². The zero-order valence-corrected chi connectivity index (χ0v) is 16.0. The summed E-state index contributed by atoms with van der Waals surface area (Å²) in [4.78, 5) is 6.46. The maximum Gasteiger partial charge on any atom is 0.511 e. The molecule has 2 saturated heterocycles. The molecule has 11 heteroatoms. The molecule has 0 aliphatic carbocycles. The second-order valence-corrected chi connectivity index (χ2v) is 8.92. The lowest BCUT2D eigenvalue weighted by Crippen LogP contribution is -2.52. The highest BCUT2D eigenvalue weighted by Crippen LogP contribution is 2.28. The van der Waals surface area contributed by atoms with Crippen LogP contribution in [-0.2, 0) is 10.0 Å². The molecule has 2 aliphatic rings. The van der Waals surface area contributed by atoms with Gasteiger partial charge < -0.3 is 15.5 Å². The van der Waals surface area contributed by atoms with E-state index in [2.05, 4.69) is 27.6 Å². The van der Waals surface area contributed by atoms with Gasteiger partial charge in [-0.2, -0.15) is 17.5 Å². The third-order valence-electron chi connectivity index (χ3n) is 4.93. The van der Waals surface area contributed by atoms with Gasteiger partial charge in [0.15, 0.2) is 5.96 Å². The Kier molecular flexibility index (Phi) is 7.14. The zero-order valence-electron chi connectivity index (χ0n) is 15.2. The Balaban J connectivity index is 1.78. The van der Waals surface area contributed by atoms with Gasteiger partial charge in [0.2, 0.25) is 0 Å². The number of guanidine groups is 1. The summed E-state index contributed by atoms with van der Waals surface area (Å²) in [6.07, 6.45) is 2.94. The molecule has 2 rings (SSSR count). The summed E-state index contributed by atoms with van der Waals surface area (Å²) in [7, 11) is -1.49. The minimum absolute atomic E-state index is 0.102. The number of alkyl halides is 3. The Morgan fingerprint density at radius 3 is 2.38 bits per heavy atom. The maximum atomic E-state index is 12.6. The maximum absolute atomic E-state index is 12.6. The fourth-order valence-corrected chi connectivity index (χ4v) is 4.44. The van der Waals surface area contributed by atoms with Crippen molar-refractivity contribution in [1.82, 2.24) is 19.8 Å². The monoisotopic (exact) mass is 399 g/mol. The first kappa shape index (κ1) is 21.2. The number of halogens is 3. The molecule has 1 unspecified atom stereocenters. The average Bonchev–Trinajstić information content (AvgIpc) is 2.58. The topological polar surface area (TPSA) is 77.0 Å². The molecular formula is C15H28F3N5O2S. The van der Waals surface area contributed by atoms with Crippen LogP contribution in [-0.4, -0.2) is 82.0 Å². The molecule has 2 N–H and O–H groups in total. The van der Waals surface area contributed by atoms with E-state index in [0.29, 0.717) is 29.0 Å². The minimum Gasteiger partial charge on any atom is -0.356 e. The van der Waals surface area contributed by atoms with Crippen molar-refractivity contribution in [1.29, 1.82) is 0 Å². The molecule has 26 heavy (non-hydrogen) atoms. The van der Waals surface area contributed by atoms with Gasteiger partial charge in [-0.05, 0) is 45.2 Å². The molecule has 2 heterocycles. The van der Waals surface area contributed by atoms with E-state index in [1.165, 1.54) is 6.42 Å². The highest BCUT2D eigenvalue weighted by molar-refractivity contribution is 7.90. The van der Waals surface area contributed by atoms with Crippen LogP contribution in [0.25, 0.3) is 0 Å². The Bertz CT molecular complexity index is 589. The van der Waals surface area contributed by atoms with Gasteiger partial charge in [0.1, 0.15) is 0 Å². The Morgan fingerprint density at radius 2 is 1.85 bits per heavy atom. The molecule has 0 spiro atoms. The summed E-state index contributed by atoms with van der Waals surface area (Å²) in [5, 5.41) is 6.46. The van der Waals surface area contributed by atoms with Gasteiger partial charge in [-0.15, -0.1) is 0 Å². The SMILES string of the molecule is CN=C(NCC1CCCN(C)C1)NC1CCN(S(=O)(=O)C(F)(F)F)CC1. The lowest BCUT2D eigenvalue weighted by molar-refractivity contribution is -0.0494. The van der Waals surface area contributed by atoms with Crippen molar-refractivity contribution in [3.8, 4) is 0 Å². The standard InChI is InChI=1S/C15H28F3N5O2S/c1-19-14(20-10-12-4-3-7-22(2)11-12)21-13-5-8-23(9-6-13)26(24,25)15(16,17)18/h12-13H,3-11H2,1-2H3,(H2,19,20,21). The summed E-state index contributed by atoms with van der Waals surface area (Å²) in [6, 6.07) is -0.102. The average molecular weight is 399 g/mol. The molecule has 0 saturated carbocycles. The molecule has 2 aliphatic heterocycles. The van der Waals surface area contributed by atoms with Gasteiger partial charge >= 0.3 is 15.5 Å². The number of likely N-dealkylation sites (tertiary alicyclic amines) is 1. The number of nitrogens with zero attached hydrogens (tertiary/aromatic N) is 3. The van der Waals surface area contributed by atoms with E-state index in [-0.39, 0.29) is 19.1 Å². The number of hydrogen-bond acceptors (Lipinski definition) is 4. The van der Waals surface area contributed by atoms with Crippen LogP contribution < -0.4 is 10.6 Å². The number of sulfonamides is 1. The predicted molar refractivity (Wildman–Crippen MR) is 94.3 cm³/mol. The third kappa shape index (κ3) is 5.46. The van der Waals surface area contributed by atoms with Crippen molar-refractivity contribution in [2.75, 3.05) is 46.8 Å². The third-order valence-corrected chi connectivity index (χ3v) is 6.56. The number of piperidine rings is 2. The van der Waals surface area contributed by atoms with Crippen LogP contribution in [0.2, 0.25) is 0 Å². The summed E-state index contributed by atoms with van der Waals surface area (Å²) in [5.74, 6) is 1.14. The molecule has 0 aromatic carbocycles. The second-order valence-electron chi connectivity index (χ2n) is 6.99. The van der Waals surface area contributed by atoms with E-state index in [1.54, 1.807) is 7.05 Å². The largest absolute Gasteiger partial charge is 0.511 e. The lowest BCUT2D eigenvalue weighted by Gasteiger charge is -2.33. The van der Waals surface area contributed by atoms with E-state index < -0.39 is 15.5 Å². The smallest absolute Gasteiger partial charge is 0.356 e. The van der Waals surface area contributed by atoms with Crippen molar-refractivity contribution >= 4 is 16.0 Å². The molecule has 0 radical (unpaired) electrons. The first-order chi connectivity index (χ1) is 12.1. The van der Waals surface area contributed by atoms with Crippen molar-refractivity contribution in [2.45, 2.75) is 37.2 Å². The normalized spacial score (nSPS) is 25.3. The number of rotatable bonds is 4. The summed E-state index contributed by atoms with van der Waals surface area (Å²) < 4.78 is 61.2. The first-order valence-corrected chi connectivity index (χ1v) is 10.3. The first-order valence-electron chi connectivity index (χ1n) is 8.85. The Labute approximate surface area is 153 Å². The summed E-state index contributed by atoms with van der Waals surface area (Å²) in [6.45, 7) is 2.62. The molecule has 0 amide bonds. The highest BCUT2D eigenvalue weighted by Gasteiger charge is 2.50. The highest BCUT2D eigenvalue weighted by atomic mass is 32.2. The van der Waals surface area contributed by atoms with Crippen molar-refractivity contribution in [2.24, 2.45) is 10.9 Å². The zero-order chi connectivity index (χ0) is 19.4. The number of hydrogen-bond donors (Lipinski definition) is 2. The minimum atomic E-state index is -5.24. The molecular weight excluding hydrogens is 371 g/mol. The van der Waals surface area contributed by atoms with E-state index in [4.69, 9.17) is 0 Å². The number of aliphatic imine (C=N–C) groups is 1. The van der Waals surface area contributed by atoms with Crippen molar-refractivity contribution < 1.29 is 21.6 Å². The molecule has 1 atom stereocenters. The molecule has 0 aromatic rings.